The van der Waals surface area contributed by atoms with Crippen molar-refractivity contribution in [3.8, 4) is 0 Å². The fourth-order valence-corrected chi connectivity index (χ4v) is 1.79. The van der Waals surface area contributed by atoms with Crippen molar-refractivity contribution in [1.29, 1.82) is 0 Å². The van der Waals surface area contributed by atoms with Crippen LogP contribution < -0.4 is 5.32 Å². The molecular weight excluding hydrogens is 230 g/mol. The van der Waals surface area contributed by atoms with E-state index in [1.165, 1.54) is 11.1 Å². The number of benzene rings is 1. The van der Waals surface area contributed by atoms with E-state index in [1.807, 2.05) is 0 Å². The van der Waals surface area contributed by atoms with Gasteiger partial charge in [-0.1, -0.05) is 48.5 Å². The molecule has 94 valence electrons. The number of rotatable bonds is 7. The van der Waals surface area contributed by atoms with Gasteiger partial charge in [-0.3, -0.25) is 0 Å². The Labute approximate surface area is 109 Å². The average molecular weight is 251 g/mol. The molecular formula is C14H21NOS. The standard InChI is InChI=1S/C14H21NOS/c1-12-6-8-13(9-7-12)11-15-14(17)5-3-2-4-10-16/h6-9,16H,2-5,10-11H2,1H3,(H,15,17). The second-order valence-corrected chi connectivity index (χ2v) is 4.79. The van der Waals surface area contributed by atoms with Crippen LogP contribution in [0.2, 0.25) is 0 Å². The lowest BCUT2D eigenvalue weighted by Crippen LogP contribution is -2.20. The minimum Gasteiger partial charge on any atom is -0.396 e. The average Bonchev–Trinajstić information content (AvgIpc) is 2.34. The van der Waals surface area contributed by atoms with E-state index in [0.29, 0.717) is 0 Å². The Morgan fingerprint density at radius 2 is 1.88 bits per heavy atom. The summed E-state index contributed by atoms with van der Waals surface area (Å²) >= 11 is 5.25. The monoisotopic (exact) mass is 251 g/mol. The van der Waals surface area contributed by atoms with Gasteiger partial charge in [0, 0.05) is 13.2 Å². The minimum atomic E-state index is 0.281. The summed E-state index contributed by atoms with van der Waals surface area (Å²) in [5, 5.41) is 11.9. The van der Waals surface area contributed by atoms with Crippen LogP contribution in [0.5, 0.6) is 0 Å². The molecule has 0 bridgehead atoms. The molecule has 0 amide bonds. The molecule has 2 N–H and O–H groups in total. The Hall–Kier alpha value is -0.930. The zero-order valence-corrected chi connectivity index (χ0v) is 11.2. The van der Waals surface area contributed by atoms with Crippen molar-refractivity contribution in [1.82, 2.24) is 5.32 Å². The number of unbranched alkanes of at least 4 members (excludes halogenated alkanes) is 2. The molecule has 1 aromatic carbocycles. The Bertz CT molecular complexity index is 335. The van der Waals surface area contributed by atoms with Crippen molar-refractivity contribution in [2.45, 2.75) is 39.2 Å². The van der Waals surface area contributed by atoms with E-state index in [9.17, 15) is 0 Å². The van der Waals surface area contributed by atoms with E-state index in [-0.39, 0.29) is 6.61 Å². The third kappa shape index (κ3) is 6.39. The number of hydrogen-bond acceptors (Lipinski definition) is 2. The fraction of sp³-hybridized carbons (Fsp3) is 0.500. The summed E-state index contributed by atoms with van der Waals surface area (Å²) in [5.41, 5.74) is 2.54. The summed E-state index contributed by atoms with van der Waals surface area (Å²) in [4.78, 5) is 0.920. The van der Waals surface area contributed by atoms with E-state index >= 15 is 0 Å². The maximum absolute atomic E-state index is 8.66. The number of thiocarbonyl (C=S) groups is 1. The lowest BCUT2D eigenvalue weighted by molar-refractivity contribution is 0.283. The molecule has 0 aliphatic heterocycles. The molecule has 0 saturated carbocycles. The van der Waals surface area contributed by atoms with Gasteiger partial charge in [-0.2, -0.15) is 0 Å². The van der Waals surface area contributed by atoms with Crippen molar-refractivity contribution in [3.05, 3.63) is 35.4 Å². The summed E-state index contributed by atoms with van der Waals surface area (Å²) in [6, 6.07) is 8.47. The highest BCUT2D eigenvalue weighted by molar-refractivity contribution is 7.80. The van der Waals surface area contributed by atoms with Crippen molar-refractivity contribution < 1.29 is 5.11 Å². The minimum absolute atomic E-state index is 0.281. The number of aliphatic hydroxyl groups excluding tert-OH is 1. The topological polar surface area (TPSA) is 32.3 Å². The van der Waals surface area contributed by atoms with Crippen molar-refractivity contribution in [2.75, 3.05) is 6.61 Å². The SMILES string of the molecule is Cc1ccc(CNC(=S)CCCCCO)cc1. The summed E-state index contributed by atoms with van der Waals surface area (Å²) in [7, 11) is 0. The first-order chi connectivity index (χ1) is 8.22. The molecule has 2 nitrogen and oxygen atoms in total. The van der Waals surface area contributed by atoms with Crippen LogP contribution in [-0.4, -0.2) is 16.7 Å². The van der Waals surface area contributed by atoms with Gasteiger partial charge in [-0.05, 0) is 31.7 Å². The van der Waals surface area contributed by atoms with Crippen LogP contribution in [0.25, 0.3) is 0 Å². The predicted molar refractivity (Wildman–Crippen MR) is 76.2 cm³/mol. The van der Waals surface area contributed by atoms with Gasteiger partial charge in [-0.15, -0.1) is 0 Å². The van der Waals surface area contributed by atoms with Gasteiger partial charge in [0.1, 0.15) is 0 Å². The maximum Gasteiger partial charge on any atom is 0.0756 e. The Morgan fingerprint density at radius 1 is 1.18 bits per heavy atom. The van der Waals surface area contributed by atoms with Gasteiger partial charge in [0.15, 0.2) is 0 Å². The van der Waals surface area contributed by atoms with Gasteiger partial charge in [0.05, 0.1) is 4.99 Å². The lowest BCUT2D eigenvalue weighted by atomic mass is 10.1. The van der Waals surface area contributed by atoms with Gasteiger partial charge in [0.2, 0.25) is 0 Å². The van der Waals surface area contributed by atoms with E-state index in [0.717, 1.165) is 37.2 Å². The number of aliphatic hydroxyl groups is 1. The molecule has 0 aliphatic carbocycles. The highest BCUT2D eigenvalue weighted by Gasteiger charge is 1.97. The van der Waals surface area contributed by atoms with Gasteiger partial charge < -0.3 is 10.4 Å². The predicted octanol–water partition coefficient (Wildman–Crippen LogP) is 2.96. The maximum atomic E-state index is 8.66. The molecule has 17 heavy (non-hydrogen) atoms. The van der Waals surface area contributed by atoms with Crippen LogP contribution in [-0.2, 0) is 6.54 Å². The molecule has 0 aromatic heterocycles. The van der Waals surface area contributed by atoms with Crippen LogP contribution in [0.15, 0.2) is 24.3 Å². The highest BCUT2D eigenvalue weighted by atomic mass is 32.1. The molecule has 0 heterocycles. The van der Waals surface area contributed by atoms with Crippen molar-refractivity contribution in [2.24, 2.45) is 0 Å². The zero-order valence-electron chi connectivity index (χ0n) is 10.4. The third-order valence-corrected chi connectivity index (χ3v) is 3.02. The van der Waals surface area contributed by atoms with Gasteiger partial charge >= 0.3 is 0 Å². The summed E-state index contributed by atoms with van der Waals surface area (Å²) in [6.45, 7) is 3.17. The van der Waals surface area contributed by atoms with E-state index in [1.54, 1.807) is 0 Å². The Balaban J connectivity index is 2.17. The first-order valence-electron chi connectivity index (χ1n) is 6.15. The fourth-order valence-electron chi connectivity index (χ4n) is 1.57. The van der Waals surface area contributed by atoms with E-state index in [2.05, 4.69) is 36.5 Å². The first-order valence-corrected chi connectivity index (χ1v) is 6.56. The summed E-state index contributed by atoms with van der Waals surface area (Å²) < 4.78 is 0. The molecule has 0 aliphatic rings. The quantitative estimate of drug-likeness (QED) is 0.577. The third-order valence-electron chi connectivity index (χ3n) is 2.67. The van der Waals surface area contributed by atoms with Gasteiger partial charge in [0.25, 0.3) is 0 Å². The molecule has 0 radical (unpaired) electrons. The lowest BCUT2D eigenvalue weighted by Gasteiger charge is -2.08. The largest absolute Gasteiger partial charge is 0.396 e. The summed E-state index contributed by atoms with van der Waals surface area (Å²) in [5.74, 6) is 0. The zero-order chi connectivity index (χ0) is 12.5. The number of aryl methyl sites for hydroxylation is 1. The second-order valence-electron chi connectivity index (χ2n) is 4.30. The molecule has 0 spiro atoms. The molecule has 0 atom stereocenters. The van der Waals surface area contributed by atoms with Crippen LogP contribution in [0, 0.1) is 6.92 Å². The van der Waals surface area contributed by atoms with Crippen LogP contribution in [0.3, 0.4) is 0 Å². The van der Waals surface area contributed by atoms with E-state index < -0.39 is 0 Å². The second kappa shape index (κ2) is 8.20. The van der Waals surface area contributed by atoms with Crippen LogP contribution in [0.4, 0.5) is 0 Å². The molecule has 1 aromatic rings. The van der Waals surface area contributed by atoms with Crippen LogP contribution in [0.1, 0.15) is 36.8 Å². The normalized spacial score (nSPS) is 10.2. The molecule has 1 rings (SSSR count). The molecule has 0 saturated heterocycles. The molecule has 3 heteroatoms. The van der Waals surface area contributed by atoms with Crippen molar-refractivity contribution >= 4 is 17.2 Å². The highest BCUT2D eigenvalue weighted by Crippen LogP contribution is 2.04. The van der Waals surface area contributed by atoms with E-state index in [4.69, 9.17) is 17.3 Å². The Morgan fingerprint density at radius 3 is 2.53 bits per heavy atom. The number of nitrogens with one attached hydrogen (secondary N) is 1. The van der Waals surface area contributed by atoms with Crippen LogP contribution >= 0.6 is 12.2 Å². The molecule has 0 unspecified atom stereocenters. The first kappa shape index (κ1) is 14.1. The Kier molecular flexibility index (Phi) is 6.82. The smallest absolute Gasteiger partial charge is 0.0756 e. The van der Waals surface area contributed by atoms with Gasteiger partial charge in [-0.25, -0.2) is 0 Å². The van der Waals surface area contributed by atoms with Crippen molar-refractivity contribution in [3.63, 3.8) is 0 Å². The number of hydrogen-bond donors (Lipinski definition) is 2. The molecule has 0 fully saturated rings. The summed E-state index contributed by atoms with van der Waals surface area (Å²) in [6.07, 6.45) is 3.89.